The van der Waals surface area contributed by atoms with Gasteiger partial charge in [0.1, 0.15) is 18.2 Å². The molecule has 3 aromatic rings. The van der Waals surface area contributed by atoms with Crippen LogP contribution in [0, 0.1) is 5.82 Å². The molecule has 1 atom stereocenters. The number of aliphatic carboxylic acids is 1. The first-order valence-electron chi connectivity index (χ1n) is 10.2. The van der Waals surface area contributed by atoms with Crippen LogP contribution in [-0.4, -0.2) is 56.0 Å². The number of hydrogen-bond acceptors (Lipinski definition) is 7. The van der Waals surface area contributed by atoms with Gasteiger partial charge in [-0.05, 0) is 37.1 Å². The molecule has 13 heteroatoms. The first-order chi connectivity index (χ1) is 16.2. The minimum atomic E-state index is -5.08. The Bertz CT molecular complexity index is 1100. The van der Waals surface area contributed by atoms with Crippen LogP contribution in [0.1, 0.15) is 18.9 Å². The maximum absolute atomic E-state index is 14.1. The van der Waals surface area contributed by atoms with Crippen LogP contribution < -0.4 is 15.4 Å². The van der Waals surface area contributed by atoms with Gasteiger partial charge in [0.05, 0.1) is 6.20 Å². The lowest BCUT2D eigenvalue weighted by Gasteiger charge is -2.15. The summed E-state index contributed by atoms with van der Waals surface area (Å²) in [7, 11) is 0. The Morgan fingerprint density at radius 2 is 2.12 bits per heavy atom. The fourth-order valence-corrected chi connectivity index (χ4v) is 3.04. The zero-order chi connectivity index (χ0) is 24.7. The van der Waals surface area contributed by atoms with Gasteiger partial charge in [-0.25, -0.2) is 19.2 Å². The Hall–Kier alpha value is -3.74. The van der Waals surface area contributed by atoms with Gasteiger partial charge in [0.15, 0.2) is 11.6 Å². The van der Waals surface area contributed by atoms with Crippen LogP contribution in [0.2, 0.25) is 0 Å². The first kappa shape index (κ1) is 24.9. The summed E-state index contributed by atoms with van der Waals surface area (Å²) in [6.45, 7) is 3.92. The van der Waals surface area contributed by atoms with Crippen LogP contribution in [0.5, 0.6) is 5.75 Å². The molecule has 182 valence electrons. The lowest BCUT2D eigenvalue weighted by molar-refractivity contribution is -0.192. The molecule has 1 saturated heterocycles. The van der Waals surface area contributed by atoms with Crippen LogP contribution in [0.3, 0.4) is 0 Å². The van der Waals surface area contributed by atoms with Gasteiger partial charge in [0.2, 0.25) is 5.95 Å². The highest BCUT2D eigenvalue weighted by molar-refractivity contribution is 5.73. The van der Waals surface area contributed by atoms with Crippen molar-refractivity contribution < 1.29 is 32.2 Å². The van der Waals surface area contributed by atoms with Crippen molar-refractivity contribution in [2.75, 3.05) is 18.4 Å². The van der Waals surface area contributed by atoms with Crippen molar-refractivity contribution in [1.82, 2.24) is 24.8 Å². The third kappa shape index (κ3) is 6.88. The van der Waals surface area contributed by atoms with Crippen molar-refractivity contribution in [3.8, 4) is 11.6 Å². The highest BCUT2D eigenvalue weighted by Gasteiger charge is 2.38. The van der Waals surface area contributed by atoms with Crippen molar-refractivity contribution in [3.63, 3.8) is 0 Å². The molecule has 3 N–H and O–H groups in total. The zero-order valence-corrected chi connectivity index (χ0v) is 18.0. The van der Waals surface area contributed by atoms with Crippen molar-refractivity contribution in [1.29, 1.82) is 0 Å². The van der Waals surface area contributed by atoms with E-state index in [0.29, 0.717) is 5.95 Å². The second kappa shape index (κ2) is 10.9. The molecule has 0 bridgehead atoms. The van der Waals surface area contributed by atoms with E-state index in [9.17, 15) is 17.6 Å². The highest BCUT2D eigenvalue weighted by Crippen LogP contribution is 2.25. The molecule has 1 aliphatic heterocycles. The molecule has 0 radical (unpaired) electrons. The Balaban J connectivity index is 0.000000406. The van der Waals surface area contributed by atoms with E-state index in [0.717, 1.165) is 49.1 Å². The molecule has 1 aliphatic rings. The summed E-state index contributed by atoms with van der Waals surface area (Å²) in [5.41, 5.74) is 1.94. The number of ether oxygens (including phenoxy) is 1. The van der Waals surface area contributed by atoms with E-state index in [1.54, 1.807) is 12.4 Å². The lowest BCUT2D eigenvalue weighted by Crippen LogP contribution is -2.21. The monoisotopic (exact) mass is 482 g/mol. The van der Waals surface area contributed by atoms with Gasteiger partial charge in [-0.2, -0.15) is 18.2 Å². The SMILES string of the molecule is CCc1cc(Nc2ncc(F)c(-n3ccnc3)n2)cc(O[C@@H]2CCNC2)c1.O=C(O)C(F)(F)F. The van der Waals surface area contributed by atoms with E-state index >= 15 is 0 Å². The molecule has 0 amide bonds. The molecule has 3 heterocycles. The molecule has 2 aromatic heterocycles. The zero-order valence-electron chi connectivity index (χ0n) is 18.0. The number of rotatable bonds is 6. The Kier molecular flexibility index (Phi) is 7.99. The molecule has 4 rings (SSSR count). The smallest absolute Gasteiger partial charge is 0.489 e. The molecular weight excluding hydrogens is 460 g/mol. The van der Waals surface area contributed by atoms with Gasteiger partial charge in [0.25, 0.3) is 0 Å². The second-order valence-corrected chi connectivity index (χ2v) is 7.21. The standard InChI is InChI=1S/C19H21FN6O.C2HF3O2/c1-2-13-7-14(9-16(8-13)27-15-3-4-21-10-15)24-19-23-11-17(20)18(25-19)26-6-5-22-12-26;3-2(4,5)1(6)7/h5-9,11-12,15,21H,2-4,10H2,1H3,(H,23,24,25);(H,6,7)/t15-;/m1./s1. The van der Waals surface area contributed by atoms with Gasteiger partial charge >= 0.3 is 12.1 Å². The summed E-state index contributed by atoms with van der Waals surface area (Å²) in [6, 6.07) is 5.98. The molecule has 0 unspecified atom stereocenters. The molecule has 9 nitrogen and oxygen atoms in total. The molecule has 0 spiro atoms. The quantitative estimate of drug-likeness (QED) is 0.458. The summed E-state index contributed by atoms with van der Waals surface area (Å²) >= 11 is 0. The second-order valence-electron chi connectivity index (χ2n) is 7.21. The fourth-order valence-electron chi connectivity index (χ4n) is 3.04. The molecular formula is C21H22F4N6O3. The van der Waals surface area contributed by atoms with Crippen LogP contribution in [0.15, 0.2) is 43.1 Å². The summed E-state index contributed by atoms with van der Waals surface area (Å²) in [5.74, 6) is -2.01. The van der Waals surface area contributed by atoms with Crippen molar-refractivity contribution >= 4 is 17.6 Å². The average Bonchev–Trinajstić information content (AvgIpc) is 3.49. The number of carbonyl (C=O) groups is 1. The summed E-state index contributed by atoms with van der Waals surface area (Å²) in [6.07, 6.45) is 2.81. The third-order valence-corrected chi connectivity index (χ3v) is 4.67. The first-order valence-corrected chi connectivity index (χ1v) is 10.2. The van der Waals surface area contributed by atoms with E-state index in [2.05, 4.69) is 32.5 Å². The number of halogens is 4. The van der Waals surface area contributed by atoms with Crippen molar-refractivity contribution in [2.45, 2.75) is 32.0 Å². The number of anilines is 2. The molecule has 0 saturated carbocycles. The minimum Gasteiger partial charge on any atom is -0.489 e. The maximum Gasteiger partial charge on any atom is 0.490 e. The summed E-state index contributed by atoms with van der Waals surface area (Å²) in [4.78, 5) is 21.2. The number of nitrogens with one attached hydrogen (secondary N) is 2. The topological polar surface area (TPSA) is 114 Å². The number of benzene rings is 1. The third-order valence-electron chi connectivity index (χ3n) is 4.67. The molecule has 0 aliphatic carbocycles. The summed E-state index contributed by atoms with van der Waals surface area (Å²) in [5, 5.41) is 13.6. The average molecular weight is 482 g/mol. The number of nitrogens with zero attached hydrogens (tertiary/aromatic N) is 4. The number of aryl methyl sites for hydroxylation is 1. The normalized spacial score (nSPS) is 15.4. The Morgan fingerprint density at radius 3 is 2.71 bits per heavy atom. The number of carboxylic acid groups (broad SMARTS) is 1. The minimum absolute atomic E-state index is 0.144. The van der Waals surface area contributed by atoms with E-state index in [-0.39, 0.29) is 11.9 Å². The van der Waals surface area contributed by atoms with Gasteiger partial charge in [-0.15, -0.1) is 0 Å². The van der Waals surface area contributed by atoms with Crippen molar-refractivity contribution in [2.24, 2.45) is 0 Å². The predicted octanol–water partition coefficient (Wildman–Crippen LogP) is 3.48. The number of imidazole rings is 1. The molecule has 1 aromatic carbocycles. The number of alkyl halides is 3. The molecule has 1 fully saturated rings. The predicted molar refractivity (Wildman–Crippen MR) is 114 cm³/mol. The summed E-state index contributed by atoms with van der Waals surface area (Å²) < 4.78 is 53.4. The van der Waals surface area contributed by atoms with Crippen LogP contribution in [-0.2, 0) is 11.2 Å². The Labute approximate surface area is 191 Å². The van der Waals surface area contributed by atoms with Crippen LogP contribution >= 0.6 is 0 Å². The number of carboxylic acids is 1. The van der Waals surface area contributed by atoms with E-state index in [4.69, 9.17) is 14.6 Å². The van der Waals surface area contributed by atoms with Crippen LogP contribution in [0.4, 0.5) is 29.2 Å². The van der Waals surface area contributed by atoms with E-state index < -0.39 is 18.0 Å². The van der Waals surface area contributed by atoms with E-state index in [1.165, 1.54) is 10.9 Å². The maximum atomic E-state index is 14.1. The number of aromatic nitrogens is 4. The Morgan fingerprint density at radius 1 is 1.35 bits per heavy atom. The molecule has 34 heavy (non-hydrogen) atoms. The lowest BCUT2D eigenvalue weighted by atomic mass is 10.1. The number of hydrogen-bond donors (Lipinski definition) is 3. The largest absolute Gasteiger partial charge is 0.490 e. The van der Waals surface area contributed by atoms with E-state index in [1.807, 2.05) is 18.2 Å². The van der Waals surface area contributed by atoms with Gasteiger partial charge in [-0.1, -0.05) is 6.92 Å². The van der Waals surface area contributed by atoms with Gasteiger partial charge in [0, 0.05) is 30.7 Å². The van der Waals surface area contributed by atoms with Gasteiger partial charge in [-0.3, -0.25) is 4.57 Å². The van der Waals surface area contributed by atoms with Gasteiger partial charge < -0.3 is 20.5 Å². The fraction of sp³-hybridized carbons (Fsp3) is 0.333. The van der Waals surface area contributed by atoms with Crippen LogP contribution in [0.25, 0.3) is 5.82 Å². The van der Waals surface area contributed by atoms with Crippen molar-refractivity contribution in [3.05, 3.63) is 54.5 Å². The highest BCUT2D eigenvalue weighted by atomic mass is 19.4.